The van der Waals surface area contributed by atoms with Gasteiger partial charge in [-0.3, -0.25) is 10.1 Å². The van der Waals surface area contributed by atoms with Crippen LogP contribution in [0.1, 0.15) is 10.9 Å². The van der Waals surface area contributed by atoms with Crippen LogP contribution in [-0.2, 0) is 0 Å². The molecule has 3 aromatic rings. The lowest BCUT2D eigenvalue weighted by atomic mass is 10.2. The molecule has 0 unspecified atom stereocenters. The van der Waals surface area contributed by atoms with E-state index in [0.717, 1.165) is 16.4 Å². The summed E-state index contributed by atoms with van der Waals surface area (Å²) in [4.78, 5) is 12.6. The predicted octanol–water partition coefficient (Wildman–Crippen LogP) is 3.27. The van der Waals surface area contributed by atoms with Crippen LogP contribution in [0.15, 0.2) is 53.7 Å². The van der Waals surface area contributed by atoms with Gasteiger partial charge in [0.2, 0.25) is 5.16 Å². The zero-order valence-electron chi connectivity index (χ0n) is 14.2. The van der Waals surface area contributed by atoms with Crippen LogP contribution in [0.2, 0.25) is 0 Å². The van der Waals surface area contributed by atoms with E-state index in [1.807, 2.05) is 19.0 Å². The molecular formula is C17H16N6O2S. The second-order valence-electron chi connectivity index (χ2n) is 6.06. The summed E-state index contributed by atoms with van der Waals surface area (Å²) in [7, 11) is 4.01. The van der Waals surface area contributed by atoms with Gasteiger partial charge in [0.25, 0.3) is 5.69 Å². The molecule has 1 aliphatic rings. The normalized spacial score (nSPS) is 15.4. The van der Waals surface area contributed by atoms with Crippen LogP contribution in [0.4, 0.5) is 11.4 Å². The SMILES string of the molecule is CN(C)c1ccc([C@H]2Nn3c(nnc3-c3cccc([N+](=O)[O-])c3)S2)cc1. The van der Waals surface area contributed by atoms with Crippen molar-refractivity contribution < 1.29 is 4.92 Å². The lowest BCUT2D eigenvalue weighted by Gasteiger charge is -2.15. The van der Waals surface area contributed by atoms with E-state index in [1.165, 1.54) is 12.1 Å². The highest BCUT2D eigenvalue weighted by molar-refractivity contribution is 7.99. The number of thioether (sulfide) groups is 1. The zero-order chi connectivity index (χ0) is 18.3. The van der Waals surface area contributed by atoms with Crippen LogP contribution >= 0.6 is 11.8 Å². The summed E-state index contributed by atoms with van der Waals surface area (Å²) in [5, 5.41) is 20.1. The fourth-order valence-corrected chi connectivity index (χ4v) is 3.74. The van der Waals surface area contributed by atoms with Gasteiger partial charge in [-0.15, -0.1) is 10.2 Å². The Labute approximate surface area is 154 Å². The Kier molecular flexibility index (Phi) is 4.00. The van der Waals surface area contributed by atoms with Gasteiger partial charge < -0.3 is 10.3 Å². The minimum Gasteiger partial charge on any atom is -0.378 e. The Hall–Kier alpha value is -3.07. The van der Waals surface area contributed by atoms with Crippen molar-refractivity contribution >= 4 is 23.1 Å². The molecule has 1 atom stereocenters. The van der Waals surface area contributed by atoms with Gasteiger partial charge in [0.1, 0.15) is 5.37 Å². The number of rotatable bonds is 4. The van der Waals surface area contributed by atoms with Crippen molar-refractivity contribution in [2.24, 2.45) is 0 Å². The van der Waals surface area contributed by atoms with Crippen molar-refractivity contribution in [3.05, 3.63) is 64.2 Å². The van der Waals surface area contributed by atoms with E-state index in [0.29, 0.717) is 11.4 Å². The molecule has 0 radical (unpaired) electrons. The average Bonchev–Trinajstić information content (AvgIpc) is 3.22. The molecule has 0 saturated carbocycles. The number of non-ortho nitro benzene ring substituents is 1. The summed E-state index contributed by atoms with van der Waals surface area (Å²) in [6, 6.07) is 14.7. The Balaban J connectivity index is 1.61. The summed E-state index contributed by atoms with van der Waals surface area (Å²) < 4.78 is 1.79. The minimum absolute atomic E-state index is 0.00848. The number of nitrogens with zero attached hydrogens (tertiary/aromatic N) is 5. The molecule has 4 rings (SSSR count). The third-order valence-corrected chi connectivity index (χ3v) is 5.22. The monoisotopic (exact) mass is 368 g/mol. The quantitative estimate of drug-likeness (QED) is 0.558. The topological polar surface area (TPSA) is 89.1 Å². The maximum atomic E-state index is 11.0. The molecule has 1 aliphatic heterocycles. The number of hydrogen-bond acceptors (Lipinski definition) is 7. The molecule has 8 nitrogen and oxygen atoms in total. The maximum absolute atomic E-state index is 11.0. The third kappa shape index (κ3) is 2.86. The van der Waals surface area contributed by atoms with Crippen LogP contribution in [0.25, 0.3) is 11.4 Å². The number of aromatic nitrogens is 3. The lowest BCUT2D eigenvalue weighted by Crippen LogP contribution is -2.14. The van der Waals surface area contributed by atoms with Crippen LogP contribution in [-0.4, -0.2) is 33.9 Å². The Morgan fingerprint density at radius 1 is 1.19 bits per heavy atom. The molecule has 0 amide bonds. The Morgan fingerprint density at radius 3 is 2.65 bits per heavy atom. The van der Waals surface area contributed by atoms with Gasteiger partial charge >= 0.3 is 0 Å². The first kappa shape index (κ1) is 16.4. The van der Waals surface area contributed by atoms with E-state index in [9.17, 15) is 10.1 Å². The van der Waals surface area contributed by atoms with Gasteiger partial charge in [-0.1, -0.05) is 36.0 Å². The van der Waals surface area contributed by atoms with E-state index in [4.69, 9.17) is 0 Å². The van der Waals surface area contributed by atoms with Gasteiger partial charge in [0.05, 0.1) is 4.92 Å². The molecule has 1 N–H and O–H groups in total. The molecule has 2 aromatic carbocycles. The summed E-state index contributed by atoms with van der Waals surface area (Å²) in [5.41, 5.74) is 6.30. The van der Waals surface area contributed by atoms with Crippen molar-refractivity contribution in [3.8, 4) is 11.4 Å². The minimum atomic E-state index is -0.415. The third-order valence-electron chi connectivity index (χ3n) is 4.13. The highest BCUT2D eigenvalue weighted by Gasteiger charge is 2.28. The summed E-state index contributed by atoms with van der Waals surface area (Å²) >= 11 is 1.56. The molecule has 0 bridgehead atoms. The highest BCUT2D eigenvalue weighted by Crippen LogP contribution is 2.40. The smallest absolute Gasteiger partial charge is 0.270 e. The van der Waals surface area contributed by atoms with Crippen LogP contribution in [0.5, 0.6) is 0 Å². The van der Waals surface area contributed by atoms with Gasteiger partial charge in [-0.2, -0.15) is 0 Å². The van der Waals surface area contributed by atoms with E-state index >= 15 is 0 Å². The highest BCUT2D eigenvalue weighted by atomic mass is 32.2. The first-order chi connectivity index (χ1) is 12.5. The lowest BCUT2D eigenvalue weighted by molar-refractivity contribution is -0.384. The first-order valence-corrected chi connectivity index (χ1v) is 8.81. The van der Waals surface area contributed by atoms with Crippen LogP contribution in [0.3, 0.4) is 0 Å². The molecule has 0 saturated heterocycles. The molecule has 0 aliphatic carbocycles. The standard InChI is InChI=1S/C17H16N6O2S/c1-21(2)13-8-6-11(7-9-13)16-20-22-15(18-19-17(22)26-16)12-4-3-5-14(10-12)23(24)25/h3-10,16,20H,1-2H3/t16-/m0/s1. The summed E-state index contributed by atoms with van der Waals surface area (Å²) in [6.07, 6.45) is 0. The largest absolute Gasteiger partial charge is 0.378 e. The van der Waals surface area contributed by atoms with E-state index in [2.05, 4.69) is 39.9 Å². The molecule has 132 valence electrons. The number of nitro benzene ring substituents is 1. The maximum Gasteiger partial charge on any atom is 0.270 e. The molecule has 0 fully saturated rings. The van der Waals surface area contributed by atoms with Gasteiger partial charge in [-0.25, -0.2) is 4.68 Å². The van der Waals surface area contributed by atoms with Gasteiger partial charge in [-0.05, 0) is 17.7 Å². The number of anilines is 1. The van der Waals surface area contributed by atoms with E-state index in [-0.39, 0.29) is 11.1 Å². The Bertz CT molecular complexity index is 970. The Morgan fingerprint density at radius 2 is 1.96 bits per heavy atom. The van der Waals surface area contributed by atoms with Gasteiger partial charge in [0, 0.05) is 37.5 Å². The van der Waals surface area contributed by atoms with Crippen LogP contribution < -0.4 is 10.3 Å². The van der Waals surface area contributed by atoms with E-state index < -0.39 is 4.92 Å². The molecule has 1 aromatic heterocycles. The van der Waals surface area contributed by atoms with Crippen LogP contribution in [0, 0.1) is 10.1 Å². The van der Waals surface area contributed by atoms with Crippen molar-refractivity contribution in [2.45, 2.75) is 10.5 Å². The fourth-order valence-electron chi connectivity index (χ4n) is 2.75. The molecule has 9 heteroatoms. The summed E-state index contributed by atoms with van der Waals surface area (Å²) in [6.45, 7) is 0. The number of nitro groups is 1. The van der Waals surface area contributed by atoms with Crippen molar-refractivity contribution in [3.63, 3.8) is 0 Å². The second-order valence-corrected chi connectivity index (χ2v) is 7.13. The van der Waals surface area contributed by atoms with Crippen molar-refractivity contribution in [1.82, 2.24) is 14.9 Å². The first-order valence-electron chi connectivity index (χ1n) is 7.93. The van der Waals surface area contributed by atoms with Gasteiger partial charge in [0.15, 0.2) is 5.82 Å². The number of benzene rings is 2. The fraction of sp³-hybridized carbons (Fsp3) is 0.176. The van der Waals surface area contributed by atoms with Crippen molar-refractivity contribution in [1.29, 1.82) is 0 Å². The molecule has 26 heavy (non-hydrogen) atoms. The zero-order valence-corrected chi connectivity index (χ0v) is 15.0. The number of hydrogen-bond donors (Lipinski definition) is 1. The molecular weight excluding hydrogens is 352 g/mol. The number of nitrogens with one attached hydrogen (secondary N) is 1. The number of fused-ring (bicyclic) bond motifs is 1. The van der Waals surface area contributed by atoms with E-state index in [1.54, 1.807) is 28.6 Å². The van der Waals surface area contributed by atoms with Crippen molar-refractivity contribution in [2.75, 3.05) is 24.4 Å². The molecule has 0 spiro atoms. The summed E-state index contributed by atoms with van der Waals surface area (Å²) in [5.74, 6) is 0.559. The predicted molar refractivity (Wildman–Crippen MR) is 101 cm³/mol. The average molecular weight is 368 g/mol. The molecule has 2 heterocycles. The second kappa shape index (κ2) is 6.34.